The van der Waals surface area contributed by atoms with Crippen LogP contribution in [0.4, 0.5) is 21.7 Å². The van der Waals surface area contributed by atoms with E-state index in [-0.39, 0.29) is 30.3 Å². The number of amides is 1. The Morgan fingerprint density at radius 3 is 1.95 bits per heavy atom. The van der Waals surface area contributed by atoms with Crippen LogP contribution in [-0.4, -0.2) is 69.5 Å². The maximum Gasteiger partial charge on any atom is 0.318 e. The van der Waals surface area contributed by atoms with Crippen molar-refractivity contribution in [3.8, 4) is 17.1 Å². The minimum Gasteiger partial charge on any atom is -0.459 e. The Bertz CT molecular complexity index is 2650. The smallest absolute Gasteiger partial charge is 0.318 e. The number of fused-ring (bicyclic) bond motifs is 1. The molecule has 1 saturated heterocycles. The maximum atomic E-state index is 15.4. The van der Waals surface area contributed by atoms with E-state index >= 15 is 4.39 Å². The summed E-state index contributed by atoms with van der Waals surface area (Å²) >= 11 is 0. The molecule has 0 radical (unpaired) electrons. The van der Waals surface area contributed by atoms with Gasteiger partial charge in [0, 0.05) is 30.7 Å². The first kappa shape index (κ1) is 40.2. The number of hydrogen-bond acceptors (Lipinski definition) is 8. The molecule has 310 valence electrons. The van der Waals surface area contributed by atoms with Crippen LogP contribution in [0.2, 0.25) is 0 Å². The largest absolute Gasteiger partial charge is 0.459 e. The Kier molecular flexibility index (Phi) is 11.8. The molecule has 2 aromatic heterocycles. The van der Waals surface area contributed by atoms with Gasteiger partial charge in [-0.05, 0) is 58.5 Å². The van der Waals surface area contributed by atoms with E-state index in [2.05, 4.69) is 74.0 Å². The van der Waals surface area contributed by atoms with Gasteiger partial charge in [-0.2, -0.15) is 10.1 Å². The second-order valence-electron chi connectivity index (χ2n) is 15.4. The second-order valence-corrected chi connectivity index (χ2v) is 15.4. The van der Waals surface area contributed by atoms with Crippen molar-refractivity contribution in [3.63, 3.8) is 0 Å². The highest BCUT2D eigenvalue weighted by Gasteiger charge is 2.41. The number of hydrogen-bond donors (Lipinski definition) is 2. The molecular formula is C51H46FN7O3. The molecule has 1 fully saturated rings. The number of halogens is 1. The highest BCUT2D eigenvalue weighted by atomic mass is 19.1. The van der Waals surface area contributed by atoms with Gasteiger partial charge in [0.1, 0.15) is 11.6 Å². The topological polar surface area (TPSA) is 106 Å². The highest BCUT2D eigenvalue weighted by Crippen LogP contribution is 2.44. The van der Waals surface area contributed by atoms with Crippen molar-refractivity contribution in [2.75, 3.05) is 43.5 Å². The third-order valence-electron chi connectivity index (χ3n) is 11.2. The second kappa shape index (κ2) is 18.2. The predicted molar refractivity (Wildman–Crippen MR) is 241 cm³/mol. The molecule has 0 saturated carbocycles. The van der Waals surface area contributed by atoms with Crippen LogP contribution < -0.4 is 15.4 Å². The van der Waals surface area contributed by atoms with E-state index in [1.54, 1.807) is 0 Å². The van der Waals surface area contributed by atoms with Crippen LogP contribution in [0.25, 0.3) is 22.0 Å². The fourth-order valence-electron chi connectivity index (χ4n) is 8.25. The summed E-state index contributed by atoms with van der Waals surface area (Å²) in [6.45, 7) is 5.59. The fraction of sp³-hybridized carbons (Fsp3) is 0.176. The standard InChI is InChI=1S/C51H46FN7O3/c1-36(35-58-28-30-61-31-29-58)62-50-53-34-45(52)49(56-50)54-43-26-27-46-44(33-43)48(55-47(60)32-37-22-24-39(25-23-37)38-14-6-2-7-15-38)57-59(46)51(40-16-8-3-9-17-40,41-18-10-4-11-19-41)42-20-12-5-13-21-42/h2-27,33-34,36H,28-32,35H2,1H3,(H,53,54,56)(H,55,57,60). The summed E-state index contributed by atoms with van der Waals surface area (Å²) in [5.41, 5.74) is 6.23. The van der Waals surface area contributed by atoms with Crippen LogP contribution in [0.3, 0.4) is 0 Å². The summed E-state index contributed by atoms with van der Waals surface area (Å²) in [6, 6.07) is 54.6. The number of morpholine rings is 1. The number of benzene rings is 6. The predicted octanol–water partition coefficient (Wildman–Crippen LogP) is 9.50. The van der Waals surface area contributed by atoms with Crippen LogP contribution in [-0.2, 0) is 21.5 Å². The van der Waals surface area contributed by atoms with Gasteiger partial charge < -0.3 is 20.1 Å². The molecule has 6 aromatic carbocycles. The molecule has 1 aliphatic heterocycles. The first-order valence-corrected chi connectivity index (χ1v) is 20.8. The zero-order chi connectivity index (χ0) is 42.3. The molecule has 8 aromatic rings. The first-order chi connectivity index (χ1) is 30.4. The summed E-state index contributed by atoms with van der Waals surface area (Å²) < 4.78 is 29.0. The van der Waals surface area contributed by atoms with E-state index < -0.39 is 11.4 Å². The SMILES string of the molecule is CC(CN1CCOCC1)Oc1ncc(F)c(Nc2ccc3c(c2)c(NC(=O)Cc2ccc(-c4ccccc4)cc2)nn3C(c2ccccc2)(c2ccccc2)c2ccccc2)n1. The lowest BCUT2D eigenvalue weighted by molar-refractivity contribution is -0.115. The number of ether oxygens (including phenoxy) is 2. The van der Waals surface area contributed by atoms with Gasteiger partial charge in [0.2, 0.25) is 5.91 Å². The Morgan fingerprint density at radius 1 is 0.758 bits per heavy atom. The van der Waals surface area contributed by atoms with Crippen LogP contribution in [0.15, 0.2) is 170 Å². The number of anilines is 3. The molecule has 0 aliphatic carbocycles. The quantitative estimate of drug-likeness (QED) is 0.105. The highest BCUT2D eigenvalue weighted by molar-refractivity contribution is 6.02. The lowest BCUT2D eigenvalue weighted by atomic mass is 9.77. The molecule has 11 heteroatoms. The van der Waals surface area contributed by atoms with Gasteiger partial charge >= 0.3 is 6.01 Å². The van der Waals surface area contributed by atoms with Gasteiger partial charge in [0.05, 0.1) is 31.3 Å². The number of nitrogens with one attached hydrogen (secondary N) is 2. The lowest BCUT2D eigenvalue weighted by Gasteiger charge is -2.37. The van der Waals surface area contributed by atoms with E-state index in [9.17, 15) is 4.79 Å². The summed E-state index contributed by atoms with van der Waals surface area (Å²) in [5.74, 6) is -0.568. The van der Waals surface area contributed by atoms with E-state index in [1.807, 2.05) is 127 Å². The first-order valence-electron chi connectivity index (χ1n) is 20.8. The normalized spacial score (nSPS) is 13.7. The molecule has 9 rings (SSSR count). The van der Waals surface area contributed by atoms with Crippen LogP contribution in [0.5, 0.6) is 6.01 Å². The molecule has 3 heterocycles. The van der Waals surface area contributed by atoms with E-state index in [0.717, 1.165) is 58.2 Å². The van der Waals surface area contributed by atoms with Crippen molar-refractivity contribution >= 4 is 34.1 Å². The fourth-order valence-corrected chi connectivity index (χ4v) is 8.25. The van der Waals surface area contributed by atoms with Crippen molar-refractivity contribution in [1.29, 1.82) is 0 Å². The zero-order valence-electron chi connectivity index (χ0n) is 34.3. The number of aromatic nitrogens is 4. The van der Waals surface area contributed by atoms with Crippen LogP contribution in [0, 0.1) is 5.82 Å². The number of carbonyl (C=O) groups is 1. The Morgan fingerprint density at radius 2 is 1.34 bits per heavy atom. The summed E-state index contributed by atoms with van der Waals surface area (Å²) in [4.78, 5) is 24.9. The average molecular weight is 824 g/mol. The molecule has 1 aliphatic rings. The number of nitrogens with zero attached hydrogens (tertiary/aromatic N) is 5. The monoisotopic (exact) mass is 823 g/mol. The summed E-state index contributed by atoms with van der Waals surface area (Å²) in [5, 5.41) is 12.3. The Labute approximate surface area is 360 Å². The van der Waals surface area contributed by atoms with Crippen molar-refractivity contribution < 1.29 is 18.7 Å². The van der Waals surface area contributed by atoms with Gasteiger partial charge in [-0.25, -0.2) is 14.1 Å². The van der Waals surface area contributed by atoms with E-state index in [1.165, 1.54) is 0 Å². The van der Waals surface area contributed by atoms with Gasteiger partial charge in [-0.3, -0.25) is 9.69 Å². The molecule has 10 nitrogen and oxygen atoms in total. The number of rotatable bonds is 14. The summed E-state index contributed by atoms with van der Waals surface area (Å²) in [6.07, 6.45) is 0.997. The molecule has 1 amide bonds. The van der Waals surface area contributed by atoms with Crippen molar-refractivity contribution in [1.82, 2.24) is 24.6 Å². The lowest BCUT2D eigenvalue weighted by Crippen LogP contribution is -2.41. The van der Waals surface area contributed by atoms with Crippen molar-refractivity contribution in [2.24, 2.45) is 0 Å². The molecule has 2 N–H and O–H groups in total. The molecule has 0 spiro atoms. The molecule has 1 unspecified atom stereocenters. The molecule has 62 heavy (non-hydrogen) atoms. The van der Waals surface area contributed by atoms with Crippen molar-refractivity contribution in [3.05, 3.63) is 198 Å². The zero-order valence-corrected chi connectivity index (χ0v) is 34.3. The Hall–Kier alpha value is -7.21. The van der Waals surface area contributed by atoms with Crippen LogP contribution in [0.1, 0.15) is 29.2 Å². The molecule has 0 bridgehead atoms. The summed E-state index contributed by atoms with van der Waals surface area (Å²) in [7, 11) is 0. The van der Waals surface area contributed by atoms with Crippen LogP contribution >= 0.6 is 0 Å². The average Bonchev–Trinajstić information content (AvgIpc) is 3.66. The Balaban J connectivity index is 1.11. The van der Waals surface area contributed by atoms with E-state index in [0.29, 0.717) is 36.6 Å². The molecular weight excluding hydrogens is 778 g/mol. The van der Waals surface area contributed by atoms with Crippen molar-refractivity contribution in [2.45, 2.75) is 25.0 Å². The molecule has 1 atom stereocenters. The van der Waals surface area contributed by atoms with Gasteiger partial charge in [-0.1, -0.05) is 146 Å². The third-order valence-corrected chi connectivity index (χ3v) is 11.2. The van der Waals surface area contributed by atoms with Gasteiger partial charge in [0.25, 0.3) is 0 Å². The minimum atomic E-state index is -0.976. The van der Waals surface area contributed by atoms with E-state index in [4.69, 9.17) is 14.6 Å². The third kappa shape index (κ3) is 8.54. The van der Waals surface area contributed by atoms with Gasteiger partial charge in [-0.15, -0.1) is 0 Å². The maximum absolute atomic E-state index is 15.4. The number of carbonyl (C=O) groups excluding carboxylic acids is 1. The van der Waals surface area contributed by atoms with Gasteiger partial charge in [0.15, 0.2) is 17.5 Å². The minimum absolute atomic E-state index is 0.0444.